The molecule has 0 amide bonds. The van der Waals surface area contributed by atoms with Crippen LogP contribution in [0.3, 0.4) is 0 Å². The number of alkyl halides is 1. The Morgan fingerprint density at radius 3 is 2.83 bits per heavy atom. The molecule has 0 saturated carbocycles. The van der Waals surface area contributed by atoms with Crippen molar-refractivity contribution in [2.45, 2.75) is 31.5 Å². The summed E-state index contributed by atoms with van der Waals surface area (Å²) >= 11 is 0. The first kappa shape index (κ1) is 8.45. The molecule has 3 heteroatoms. The monoisotopic (exact) mass is 173 g/mol. The minimum absolute atomic E-state index is 0.123. The highest BCUT2D eigenvalue weighted by Crippen LogP contribution is 2.41. The maximum atomic E-state index is 13.1. The summed E-state index contributed by atoms with van der Waals surface area (Å²) in [5.41, 5.74) is -0.196. The van der Waals surface area contributed by atoms with E-state index in [-0.39, 0.29) is 12.1 Å². The van der Waals surface area contributed by atoms with E-state index in [1.54, 1.807) is 0 Å². The van der Waals surface area contributed by atoms with E-state index in [4.69, 9.17) is 0 Å². The van der Waals surface area contributed by atoms with Crippen LogP contribution in [0, 0.1) is 5.92 Å². The largest absolute Gasteiger partial charge is 0.394 e. The lowest BCUT2D eigenvalue weighted by Crippen LogP contribution is -2.41. The second kappa shape index (κ2) is 2.67. The molecule has 0 aliphatic carbocycles. The number of aliphatic hydroxyl groups is 1. The third kappa shape index (κ3) is 1.07. The molecule has 0 aromatic carbocycles. The zero-order chi connectivity index (χ0) is 8.77. The highest BCUT2D eigenvalue weighted by atomic mass is 19.1. The molecule has 0 radical (unpaired) electrons. The lowest BCUT2D eigenvalue weighted by atomic mass is 9.91. The summed E-state index contributed by atoms with van der Waals surface area (Å²) in [4.78, 5) is 2.13. The van der Waals surface area contributed by atoms with Crippen molar-refractivity contribution >= 4 is 0 Å². The maximum Gasteiger partial charge on any atom is 0.115 e. The van der Waals surface area contributed by atoms with Crippen molar-refractivity contribution in [1.82, 2.24) is 4.90 Å². The second-order valence-corrected chi connectivity index (χ2v) is 4.40. The smallest absolute Gasteiger partial charge is 0.115 e. The van der Waals surface area contributed by atoms with E-state index in [0.29, 0.717) is 18.9 Å². The van der Waals surface area contributed by atoms with Gasteiger partial charge in [-0.1, -0.05) is 6.92 Å². The molecule has 2 aliphatic rings. The van der Waals surface area contributed by atoms with E-state index in [9.17, 15) is 9.50 Å². The molecule has 0 bridgehead atoms. The predicted molar refractivity (Wildman–Crippen MR) is 44.7 cm³/mol. The van der Waals surface area contributed by atoms with Gasteiger partial charge in [0.15, 0.2) is 0 Å². The zero-order valence-corrected chi connectivity index (χ0v) is 7.46. The highest BCUT2D eigenvalue weighted by molar-refractivity contribution is 5.04. The SMILES string of the molecule is C[C@@H]1CN2C[C@H](F)C[C@]2(CO)C1. The molecule has 2 rings (SSSR count). The summed E-state index contributed by atoms with van der Waals surface area (Å²) in [5, 5.41) is 9.25. The summed E-state index contributed by atoms with van der Waals surface area (Å²) < 4.78 is 13.1. The lowest BCUT2D eigenvalue weighted by Gasteiger charge is -2.28. The Balaban J connectivity index is 2.16. The van der Waals surface area contributed by atoms with Crippen LogP contribution in [0.15, 0.2) is 0 Å². The molecular weight excluding hydrogens is 157 g/mol. The van der Waals surface area contributed by atoms with Gasteiger partial charge < -0.3 is 5.11 Å². The van der Waals surface area contributed by atoms with Gasteiger partial charge in [-0.2, -0.15) is 0 Å². The topological polar surface area (TPSA) is 23.5 Å². The first-order valence-electron chi connectivity index (χ1n) is 4.66. The average Bonchev–Trinajstić information content (AvgIpc) is 2.40. The number of hydrogen-bond acceptors (Lipinski definition) is 2. The number of aliphatic hydroxyl groups excluding tert-OH is 1. The number of rotatable bonds is 1. The van der Waals surface area contributed by atoms with E-state index < -0.39 is 6.17 Å². The molecular formula is C9H16FNO. The van der Waals surface area contributed by atoms with Crippen molar-refractivity contribution in [2.75, 3.05) is 19.7 Å². The molecule has 2 heterocycles. The fourth-order valence-corrected chi connectivity index (χ4v) is 2.84. The summed E-state index contributed by atoms with van der Waals surface area (Å²) in [7, 11) is 0. The third-order valence-electron chi connectivity index (χ3n) is 3.25. The van der Waals surface area contributed by atoms with Crippen molar-refractivity contribution in [3.8, 4) is 0 Å². The van der Waals surface area contributed by atoms with Crippen molar-refractivity contribution in [3.63, 3.8) is 0 Å². The predicted octanol–water partition coefficient (Wildman–Crippen LogP) is 0.801. The Morgan fingerprint density at radius 1 is 1.50 bits per heavy atom. The third-order valence-corrected chi connectivity index (χ3v) is 3.25. The van der Waals surface area contributed by atoms with E-state index in [2.05, 4.69) is 11.8 Å². The summed E-state index contributed by atoms with van der Waals surface area (Å²) in [5.74, 6) is 0.615. The fraction of sp³-hybridized carbons (Fsp3) is 1.00. The van der Waals surface area contributed by atoms with Crippen molar-refractivity contribution in [3.05, 3.63) is 0 Å². The second-order valence-electron chi connectivity index (χ2n) is 4.40. The van der Waals surface area contributed by atoms with Gasteiger partial charge in [-0.3, -0.25) is 4.90 Å². The normalized spacial score (nSPS) is 48.2. The Morgan fingerprint density at radius 2 is 2.25 bits per heavy atom. The number of fused-ring (bicyclic) bond motifs is 1. The molecule has 0 unspecified atom stereocenters. The van der Waals surface area contributed by atoms with Gasteiger partial charge in [0.05, 0.1) is 6.61 Å². The Hall–Kier alpha value is -0.150. The molecule has 2 saturated heterocycles. The van der Waals surface area contributed by atoms with Crippen LogP contribution in [0.2, 0.25) is 0 Å². The lowest BCUT2D eigenvalue weighted by molar-refractivity contribution is 0.0995. The van der Waals surface area contributed by atoms with Crippen LogP contribution in [-0.2, 0) is 0 Å². The zero-order valence-electron chi connectivity index (χ0n) is 7.46. The molecule has 3 atom stereocenters. The fourth-order valence-electron chi connectivity index (χ4n) is 2.84. The Kier molecular flexibility index (Phi) is 1.88. The standard InChI is InChI=1S/C9H16FNO/c1-7-2-9(6-12)3-8(10)5-11(9)4-7/h7-8,12H,2-6H2,1H3/t7-,8+,9-/m0/s1. The molecule has 70 valence electrons. The van der Waals surface area contributed by atoms with Crippen LogP contribution in [0.1, 0.15) is 19.8 Å². The van der Waals surface area contributed by atoms with Gasteiger partial charge in [0, 0.05) is 25.0 Å². The van der Waals surface area contributed by atoms with Gasteiger partial charge >= 0.3 is 0 Å². The van der Waals surface area contributed by atoms with Crippen LogP contribution >= 0.6 is 0 Å². The van der Waals surface area contributed by atoms with Crippen molar-refractivity contribution in [2.24, 2.45) is 5.92 Å². The van der Waals surface area contributed by atoms with Crippen LogP contribution in [-0.4, -0.2) is 41.4 Å². The van der Waals surface area contributed by atoms with E-state index in [1.807, 2.05) is 0 Å². The van der Waals surface area contributed by atoms with E-state index in [0.717, 1.165) is 13.0 Å². The number of nitrogens with zero attached hydrogens (tertiary/aromatic N) is 1. The van der Waals surface area contributed by atoms with Gasteiger partial charge in [0.1, 0.15) is 6.17 Å². The minimum atomic E-state index is -0.718. The first-order valence-corrected chi connectivity index (χ1v) is 4.66. The molecule has 2 fully saturated rings. The van der Waals surface area contributed by atoms with Gasteiger partial charge in [0.2, 0.25) is 0 Å². The van der Waals surface area contributed by atoms with Crippen LogP contribution < -0.4 is 0 Å². The van der Waals surface area contributed by atoms with Gasteiger partial charge in [-0.25, -0.2) is 4.39 Å². The number of halogens is 1. The van der Waals surface area contributed by atoms with Crippen LogP contribution in [0.4, 0.5) is 4.39 Å². The van der Waals surface area contributed by atoms with Crippen molar-refractivity contribution in [1.29, 1.82) is 0 Å². The Bertz CT molecular complexity index is 171. The molecule has 0 aromatic rings. The van der Waals surface area contributed by atoms with Crippen LogP contribution in [0.25, 0.3) is 0 Å². The summed E-state index contributed by atoms with van der Waals surface area (Å²) in [6.07, 6.45) is 0.780. The molecule has 2 aliphatic heterocycles. The minimum Gasteiger partial charge on any atom is -0.394 e. The summed E-state index contributed by atoms with van der Waals surface area (Å²) in [6.45, 7) is 3.78. The molecule has 12 heavy (non-hydrogen) atoms. The van der Waals surface area contributed by atoms with Crippen molar-refractivity contribution < 1.29 is 9.50 Å². The van der Waals surface area contributed by atoms with Gasteiger partial charge in [-0.15, -0.1) is 0 Å². The summed E-state index contributed by atoms with van der Waals surface area (Å²) in [6, 6.07) is 0. The number of hydrogen-bond donors (Lipinski definition) is 1. The van der Waals surface area contributed by atoms with Gasteiger partial charge in [0.25, 0.3) is 0 Å². The molecule has 0 aromatic heterocycles. The quantitative estimate of drug-likeness (QED) is 0.634. The van der Waals surface area contributed by atoms with E-state index in [1.165, 1.54) is 0 Å². The van der Waals surface area contributed by atoms with E-state index >= 15 is 0 Å². The molecule has 0 spiro atoms. The molecule has 1 N–H and O–H groups in total. The maximum absolute atomic E-state index is 13.1. The molecule has 2 nitrogen and oxygen atoms in total. The average molecular weight is 173 g/mol. The first-order chi connectivity index (χ1) is 5.66. The van der Waals surface area contributed by atoms with Gasteiger partial charge in [-0.05, 0) is 12.3 Å². The van der Waals surface area contributed by atoms with Crippen LogP contribution in [0.5, 0.6) is 0 Å². The Labute approximate surface area is 72.4 Å². The highest BCUT2D eigenvalue weighted by Gasteiger charge is 2.50.